The first-order valence-corrected chi connectivity index (χ1v) is 11.3. The number of aliphatic hydroxyl groups excluding tert-OH is 1. The van der Waals surface area contributed by atoms with Crippen molar-refractivity contribution in [2.24, 2.45) is 11.3 Å². The third kappa shape index (κ3) is 6.40. The molecule has 0 spiro atoms. The van der Waals surface area contributed by atoms with Crippen LogP contribution in [-0.2, 0) is 27.2 Å². The summed E-state index contributed by atoms with van der Waals surface area (Å²) in [5.41, 5.74) is 1.42. The van der Waals surface area contributed by atoms with Crippen molar-refractivity contribution in [1.82, 2.24) is 10.3 Å². The van der Waals surface area contributed by atoms with E-state index in [0.717, 1.165) is 56.6 Å². The molecule has 1 saturated carbocycles. The second-order valence-corrected chi connectivity index (χ2v) is 9.40. The maximum absolute atomic E-state index is 12.1. The van der Waals surface area contributed by atoms with Crippen molar-refractivity contribution in [3.05, 3.63) is 23.4 Å². The van der Waals surface area contributed by atoms with Gasteiger partial charge >= 0.3 is 5.97 Å². The minimum absolute atomic E-state index is 0.155. The lowest BCUT2D eigenvalue weighted by atomic mass is 9.79. The van der Waals surface area contributed by atoms with E-state index in [4.69, 9.17) is 9.72 Å². The first-order valence-electron chi connectivity index (χ1n) is 11.3. The van der Waals surface area contributed by atoms with E-state index in [1.807, 2.05) is 0 Å². The van der Waals surface area contributed by atoms with Crippen LogP contribution in [0, 0.1) is 11.3 Å². The molecule has 3 rings (SSSR count). The van der Waals surface area contributed by atoms with Gasteiger partial charge in [-0.1, -0.05) is 6.07 Å². The van der Waals surface area contributed by atoms with Crippen molar-refractivity contribution in [2.45, 2.75) is 70.9 Å². The number of carbonyl (C=O) groups excluding carboxylic acids is 1. The van der Waals surface area contributed by atoms with Crippen LogP contribution in [0.5, 0.6) is 0 Å². The summed E-state index contributed by atoms with van der Waals surface area (Å²) in [7, 11) is 0. The third-order valence-corrected chi connectivity index (χ3v) is 6.33. The number of rotatable bonds is 11. The zero-order valence-electron chi connectivity index (χ0n) is 18.5. The summed E-state index contributed by atoms with van der Waals surface area (Å²) in [4.78, 5) is 28.3. The van der Waals surface area contributed by atoms with E-state index in [0.29, 0.717) is 5.92 Å². The quantitative estimate of drug-likeness (QED) is 0.422. The minimum atomic E-state index is -1.09. The normalized spacial score (nSPS) is 21.4. The molecule has 1 aromatic heterocycles. The van der Waals surface area contributed by atoms with Gasteiger partial charge in [0.2, 0.25) is 5.91 Å². The molecule has 172 valence electrons. The highest BCUT2D eigenvalue weighted by molar-refractivity contribution is 5.87. The second-order valence-electron chi connectivity index (χ2n) is 9.40. The number of aryl methyl sites for hydroxylation is 2. The van der Waals surface area contributed by atoms with Crippen LogP contribution in [-0.4, -0.2) is 59.0 Å². The van der Waals surface area contributed by atoms with Gasteiger partial charge in [0.25, 0.3) is 0 Å². The van der Waals surface area contributed by atoms with Gasteiger partial charge in [-0.2, -0.15) is 0 Å². The van der Waals surface area contributed by atoms with Crippen molar-refractivity contribution >= 4 is 17.7 Å². The van der Waals surface area contributed by atoms with Crippen molar-refractivity contribution < 1.29 is 24.5 Å². The zero-order valence-corrected chi connectivity index (χ0v) is 18.5. The van der Waals surface area contributed by atoms with Gasteiger partial charge in [0, 0.05) is 25.3 Å². The average molecular weight is 434 g/mol. The number of carboxylic acids is 1. The average Bonchev–Trinajstić information content (AvgIpc) is 2.73. The van der Waals surface area contributed by atoms with E-state index in [1.54, 1.807) is 13.8 Å². The first kappa shape index (κ1) is 23.5. The number of aliphatic hydroxyl groups is 1. The number of nitrogens with zero attached hydrogens (tertiary/aromatic N) is 1. The van der Waals surface area contributed by atoms with Crippen molar-refractivity contribution in [1.29, 1.82) is 0 Å². The molecular formula is C23H35N3O5. The molecule has 1 aromatic rings. The molecule has 1 aliphatic heterocycles. The van der Waals surface area contributed by atoms with Gasteiger partial charge < -0.3 is 25.6 Å². The number of anilines is 1. The number of hydrogen-bond donors (Lipinski definition) is 4. The molecule has 2 heterocycles. The zero-order chi connectivity index (χ0) is 22.4. The Morgan fingerprint density at radius 3 is 2.84 bits per heavy atom. The topological polar surface area (TPSA) is 121 Å². The number of carboxylic acid groups (broad SMARTS) is 1. The molecule has 8 nitrogen and oxygen atoms in total. The van der Waals surface area contributed by atoms with Crippen LogP contribution < -0.4 is 10.6 Å². The highest BCUT2D eigenvalue weighted by Crippen LogP contribution is 2.34. The summed E-state index contributed by atoms with van der Waals surface area (Å²) >= 11 is 0. The lowest BCUT2D eigenvalue weighted by Gasteiger charge is -2.35. The van der Waals surface area contributed by atoms with Gasteiger partial charge in [0.15, 0.2) is 0 Å². The molecule has 8 heteroatoms. The van der Waals surface area contributed by atoms with Crippen LogP contribution in [0.4, 0.5) is 5.82 Å². The van der Waals surface area contributed by atoms with E-state index in [1.165, 1.54) is 5.56 Å². The van der Waals surface area contributed by atoms with Gasteiger partial charge in [-0.15, -0.1) is 0 Å². The molecule has 0 aromatic carbocycles. The molecule has 0 bridgehead atoms. The SMILES string of the molecule is CC(C)(CO)C(=O)NC(CCOC1CC(CCc2ccc3c(n2)NCCC3)C1)C(=O)O. The molecule has 0 saturated heterocycles. The number of nitrogens with one attached hydrogen (secondary N) is 2. The number of aliphatic carboxylic acids is 1. The highest BCUT2D eigenvalue weighted by atomic mass is 16.5. The summed E-state index contributed by atoms with van der Waals surface area (Å²) in [5, 5.41) is 24.5. The van der Waals surface area contributed by atoms with E-state index in [2.05, 4.69) is 22.8 Å². The van der Waals surface area contributed by atoms with E-state index >= 15 is 0 Å². The Hall–Kier alpha value is -2.19. The fourth-order valence-electron chi connectivity index (χ4n) is 3.94. The van der Waals surface area contributed by atoms with Crippen molar-refractivity contribution in [3.63, 3.8) is 0 Å². The number of fused-ring (bicyclic) bond motifs is 1. The lowest BCUT2D eigenvalue weighted by Crippen LogP contribution is -2.48. The number of ether oxygens (including phenoxy) is 1. The summed E-state index contributed by atoms with van der Waals surface area (Å²) in [6.45, 7) is 4.08. The minimum Gasteiger partial charge on any atom is -0.480 e. The van der Waals surface area contributed by atoms with Gasteiger partial charge in [0.1, 0.15) is 11.9 Å². The smallest absolute Gasteiger partial charge is 0.326 e. The Morgan fingerprint density at radius 1 is 1.35 bits per heavy atom. The Kier molecular flexibility index (Phi) is 7.89. The lowest BCUT2D eigenvalue weighted by molar-refractivity contribution is -0.145. The van der Waals surface area contributed by atoms with Crippen LogP contribution in [0.25, 0.3) is 0 Å². The van der Waals surface area contributed by atoms with Crippen LogP contribution >= 0.6 is 0 Å². The molecule has 1 fully saturated rings. The monoisotopic (exact) mass is 433 g/mol. The molecule has 1 atom stereocenters. The number of aromatic nitrogens is 1. The van der Waals surface area contributed by atoms with Crippen LogP contribution in [0.15, 0.2) is 12.1 Å². The maximum Gasteiger partial charge on any atom is 0.326 e. The fourth-order valence-corrected chi connectivity index (χ4v) is 3.94. The predicted octanol–water partition coefficient (Wildman–Crippen LogP) is 2.15. The summed E-state index contributed by atoms with van der Waals surface area (Å²) in [5.74, 6) is 0.0819. The van der Waals surface area contributed by atoms with E-state index in [9.17, 15) is 19.8 Å². The van der Waals surface area contributed by atoms with Gasteiger partial charge in [-0.05, 0) is 69.9 Å². The maximum atomic E-state index is 12.1. The van der Waals surface area contributed by atoms with Gasteiger partial charge in [0.05, 0.1) is 18.1 Å². The number of pyridine rings is 1. The molecule has 2 aliphatic rings. The van der Waals surface area contributed by atoms with Crippen LogP contribution in [0.1, 0.15) is 57.2 Å². The molecular weight excluding hydrogens is 398 g/mol. The summed E-state index contributed by atoms with van der Waals surface area (Å²) in [6, 6.07) is 3.31. The number of hydrogen-bond acceptors (Lipinski definition) is 6. The van der Waals surface area contributed by atoms with Crippen LogP contribution in [0.2, 0.25) is 0 Å². The molecule has 4 N–H and O–H groups in total. The van der Waals surface area contributed by atoms with Gasteiger partial charge in [-0.25, -0.2) is 9.78 Å². The fraction of sp³-hybridized carbons (Fsp3) is 0.696. The highest BCUT2D eigenvalue weighted by Gasteiger charge is 2.32. The number of carbonyl (C=O) groups is 2. The largest absolute Gasteiger partial charge is 0.480 e. The van der Waals surface area contributed by atoms with E-state index < -0.39 is 23.3 Å². The van der Waals surface area contributed by atoms with Crippen molar-refractivity contribution in [3.8, 4) is 0 Å². The Morgan fingerprint density at radius 2 is 2.13 bits per heavy atom. The standard InChI is InChI=1S/C23H35N3O5/c1-23(2,14-27)22(30)26-19(21(28)29)9-11-31-18-12-15(13-18)5-7-17-8-6-16-4-3-10-24-20(16)25-17/h6,8,15,18-19,27H,3-5,7,9-14H2,1-2H3,(H,24,25)(H,26,30)(H,28,29). The molecule has 1 aliphatic carbocycles. The summed E-state index contributed by atoms with van der Waals surface area (Å²) < 4.78 is 5.82. The molecule has 0 radical (unpaired) electrons. The first-order chi connectivity index (χ1) is 14.8. The number of amides is 1. The molecule has 1 unspecified atom stereocenters. The van der Waals surface area contributed by atoms with Gasteiger partial charge in [-0.3, -0.25) is 4.79 Å². The Balaban J connectivity index is 1.33. The van der Waals surface area contributed by atoms with E-state index in [-0.39, 0.29) is 25.7 Å². The van der Waals surface area contributed by atoms with Crippen molar-refractivity contribution in [2.75, 3.05) is 25.1 Å². The summed E-state index contributed by atoms with van der Waals surface area (Å²) in [6.07, 6.45) is 6.61. The predicted molar refractivity (Wildman–Crippen MR) is 117 cm³/mol. The van der Waals surface area contributed by atoms with Crippen LogP contribution in [0.3, 0.4) is 0 Å². The second kappa shape index (κ2) is 10.4. The Bertz CT molecular complexity index is 776. The molecule has 31 heavy (non-hydrogen) atoms. The molecule has 1 amide bonds. The third-order valence-electron chi connectivity index (χ3n) is 6.33. The Labute approximate surface area is 183 Å².